The van der Waals surface area contributed by atoms with Crippen LogP contribution in [0.4, 0.5) is 11.9 Å². The number of nitrogens with one attached hydrogen (secondary N) is 1. The van der Waals surface area contributed by atoms with Gasteiger partial charge in [0, 0.05) is 18.2 Å². The highest BCUT2D eigenvalue weighted by atomic mass is 35.5. The fourth-order valence-corrected chi connectivity index (χ4v) is 3.45. The summed E-state index contributed by atoms with van der Waals surface area (Å²) in [5.41, 5.74) is 8.33. The van der Waals surface area contributed by atoms with Gasteiger partial charge in [0.05, 0.1) is 27.8 Å². The molecule has 0 aliphatic rings. The van der Waals surface area contributed by atoms with Crippen LogP contribution in [0.25, 0.3) is 16.9 Å². The van der Waals surface area contributed by atoms with Gasteiger partial charge < -0.3 is 15.5 Å². The van der Waals surface area contributed by atoms with Crippen molar-refractivity contribution in [1.82, 2.24) is 24.3 Å². The van der Waals surface area contributed by atoms with Gasteiger partial charge in [-0.1, -0.05) is 35.3 Å². The van der Waals surface area contributed by atoms with Crippen molar-refractivity contribution in [1.29, 1.82) is 5.26 Å². The van der Waals surface area contributed by atoms with E-state index in [-0.39, 0.29) is 11.9 Å². The van der Waals surface area contributed by atoms with E-state index in [0.29, 0.717) is 22.3 Å². The van der Waals surface area contributed by atoms with Crippen LogP contribution in [0.3, 0.4) is 0 Å². The Bertz CT molecular complexity index is 1280. The highest BCUT2D eigenvalue weighted by Gasteiger charge is 2.16. The molecular weight excluding hydrogens is 423 g/mol. The minimum Gasteiger partial charge on any atom is -0.368 e. The van der Waals surface area contributed by atoms with Crippen molar-refractivity contribution in [3.8, 4) is 17.5 Å². The van der Waals surface area contributed by atoms with Crippen molar-refractivity contribution in [2.75, 3.05) is 11.1 Å². The molecule has 1 atom stereocenters. The predicted octanol–water partition coefficient (Wildman–Crippen LogP) is 3.93. The molecule has 0 aliphatic heterocycles. The van der Waals surface area contributed by atoms with Gasteiger partial charge in [-0.25, -0.2) is 4.98 Å². The number of imidazole rings is 1. The second-order valence-corrected chi connectivity index (χ2v) is 7.39. The van der Waals surface area contributed by atoms with Crippen molar-refractivity contribution < 1.29 is 0 Å². The van der Waals surface area contributed by atoms with Crippen molar-refractivity contribution >= 4 is 40.6 Å². The average Bonchev–Trinajstić information content (AvgIpc) is 3.10. The maximum absolute atomic E-state index is 9.59. The molecule has 0 bridgehead atoms. The van der Waals surface area contributed by atoms with Gasteiger partial charge >= 0.3 is 0 Å². The summed E-state index contributed by atoms with van der Waals surface area (Å²) in [4.78, 5) is 17.1. The first kappa shape index (κ1) is 19.9. The number of hydrogen-bond donors (Lipinski definition) is 2. The third kappa shape index (κ3) is 3.99. The Labute approximate surface area is 182 Å². The number of nitrogens with two attached hydrogens (primary N) is 1. The smallest absolute Gasteiger partial charge is 0.229 e. The Hall–Kier alpha value is -3.41. The number of aryl methyl sites for hydroxylation is 1. The lowest BCUT2D eigenvalue weighted by Crippen LogP contribution is -2.22. The van der Waals surface area contributed by atoms with E-state index in [1.165, 1.54) is 0 Å². The van der Waals surface area contributed by atoms with Crippen LogP contribution in [0.5, 0.6) is 0 Å². The lowest BCUT2D eigenvalue weighted by atomic mass is 10.1. The van der Waals surface area contributed by atoms with Gasteiger partial charge in [-0.2, -0.15) is 20.2 Å². The molecule has 3 N–H and O–H groups in total. The van der Waals surface area contributed by atoms with Crippen LogP contribution < -0.4 is 11.1 Å². The van der Waals surface area contributed by atoms with E-state index >= 15 is 0 Å². The van der Waals surface area contributed by atoms with Crippen LogP contribution in [0.2, 0.25) is 10.0 Å². The fraction of sp³-hybridized carbons (Fsp3) is 0.150. The zero-order chi connectivity index (χ0) is 21.3. The summed E-state index contributed by atoms with van der Waals surface area (Å²) in [6.07, 6.45) is 3.98. The van der Waals surface area contributed by atoms with Gasteiger partial charge in [0.15, 0.2) is 5.82 Å². The van der Waals surface area contributed by atoms with E-state index in [1.54, 1.807) is 18.3 Å². The van der Waals surface area contributed by atoms with E-state index in [4.69, 9.17) is 28.9 Å². The van der Waals surface area contributed by atoms with Crippen molar-refractivity contribution in [3.63, 3.8) is 0 Å². The molecular formula is C20H16Cl2N8. The number of pyridine rings is 1. The van der Waals surface area contributed by atoms with Gasteiger partial charge in [-0.3, -0.25) is 0 Å². The summed E-state index contributed by atoms with van der Waals surface area (Å²) in [5, 5.41) is 13.4. The molecule has 4 rings (SSSR count). The maximum Gasteiger partial charge on any atom is 0.229 e. The summed E-state index contributed by atoms with van der Waals surface area (Å²) in [6.45, 7) is 1.91. The van der Waals surface area contributed by atoms with E-state index in [9.17, 15) is 5.26 Å². The highest BCUT2D eigenvalue weighted by molar-refractivity contribution is 6.42. The number of fused-ring (bicyclic) bond motifs is 1. The summed E-state index contributed by atoms with van der Waals surface area (Å²) >= 11 is 12.3. The maximum atomic E-state index is 9.59. The summed E-state index contributed by atoms with van der Waals surface area (Å²) in [7, 11) is 0. The largest absolute Gasteiger partial charge is 0.368 e. The molecule has 150 valence electrons. The molecule has 4 aromatic rings. The van der Waals surface area contributed by atoms with Crippen LogP contribution in [0.15, 0.2) is 42.7 Å². The lowest BCUT2D eigenvalue weighted by molar-refractivity contribution is 0.854. The summed E-state index contributed by atoms with van der Waals surface area (Å²) < 4.78 is 1.93. The van der Waals surface area contributed by atoms with E-state index in [1.807, 2.05) is 35.7 Å². The molecule has 0 amide bonds. The average molecular weight is 439 g/mol. The quantitative estimate of drug-likeness (QED) is 0.484. The number of nitrogen functional groups attached to an aromatic ring is 1. The van der Waals surface area contributed by atoms with Crippen LogP contribution in [-0.4, -0.2) is 30.4 Å². The zero-order valence-corrected chi connectivity index (χ0v) is 17.4. The van der Waals surface area contributed by atoms with Gasteiger partial charge in [0.1, 0.15) is 11.9 Å². The molecule has 1 aromatic carbocycles. The Kier molecular flexibility index (Phi) is 5.40. The predicted molar refractivity (Wildman–Crippen MR) is 116 cm³/mol. The Balaban J connectivity index is 1.62. The minimum atomic E-state index is -0.644. The van der Waals surface area contributed by atoms with Crippen LogP contribution in [-0.2, 0) is 6.42 Å². The van der Waals surface area contributed by atoms with E-state index < -0.39 is 6.04 Å². The molecule has 10 heteroatoms. The minimum absolute atomic E-state index is 0.0439. The number of nitrogens with zero attached hydrogens (tertiary/aromatic N) is 6. The molecule has 3 heterocycles. The first-order valence-electron chi connectivity index (χ1n) is 8.99. The van der Waals surface area contributed by atoms with Crippen molar-refractivity contribution in [2.24, 2.45) is 0 Å². The molecule has 30 heavy (non-hydrogen) atoms. The Morgan fingerprint density at radius 1 is 1.20 bits per heavy atom. The topological polar surface area (TPSA) is 118 Å². The van der Waals surface area contributed by atoms with Gasteiger partial charge in [0.25, 0.3) is 0 Å². The van der Waals surface area contributed by atoms with E-state index in [2.05, 4.69) is 31.3 Å². The van der Waals surface area contributed by atoms with Crippen LogP contribution in [0.1, 0.15) is 11.4 Å². The second-order valence-electron chi connectivity index (χ2n) is 6.60. The molecule has 0 aliphatic carbocycles. The van der Waals surface area contributed by atoms with Crippen molar-refractivity contribution in [3.05, 3.63) is 64.2 Å². The third-order valence-electron chi connectivity index (χ3n) is 4.54. The Morgan fingerprint density at radius 2 is 2.03 bits per heavy atom. The molecule has 0 spiro atoms. The normalized spacial score (nSPS) is 11.9. The number of anilines is 2. The number of hydrogen-bond acceptors (Lipinski definition) is 7. The molecule has 1 unspecified atom stereocenters. The van der Waals surface area contributed by atoms with Gasteiger partial charge in [-0.15, -0.1) is 0 Å². The summed E-state index contributed by atoms with van der Waals surface area (Å²) in [5.74, 6) is 1.47. The number of benzene rings is 1. The first-order valence-corrected chi connectivity index (χ1v) is 9.75. The number of halogens is 2. The monoisotopic (exact) mass is 438 g/mol. The van der Waals surface area contributed by atoms with Crippen LogP contribution >= 0.6 is 23.2 Å². The zero-order valence-electron chi connectivity index (χ0n) is 15.8. The molecule has 0 fully saturated rings. The number of rotatable bonds is 5. The van der Waals surface area contributed by atoms with Gasteiger partial charge in [-0.05, 0) is 30.7 Å². The van der Waals surface area contributed by atoms with Crippen LogP contribution in [0, 0.1) is 18.3 Å². The molecule has 0 radical (unpaired) electrons. The number of nitriles is 1. The first-order chi connectivity index (χ1) is 14.4. The molecule has 0 saturated carbocycles. The van der Waals surface area contributed by atoms with E-state index in [0.717, 1.165) is 22.5 Å². The standard InChI is InChI=1S/C20H16Cl2N8/c1-11-25-9-15-6-5-13(10-30(11)15)18-27-19(24)29-20(28-18)26-14(8-23)7-12-3-2-4-16(21)17(12)22/h2-6,9-10,14H,7H2,1H3,(H3,24,26,27,28,29). The third-order valence-corrected chi connectivity index (χ3v) is 5.40. The van der Waals surface area contributed by atoms with Gasteiger partial charge in [0.2, 0.25) is 11.9 Å². The Morgan fingerprint density at radius 3 is 2.83 bits per heavy atom. The molecule has 0 saturated heterocycles. The molecule has 8 nitrogen and oxygen atoms in total. The van der Waals surface area contributed by atoms with Crippen molar-refractivity contribution in [2.45, 2.75) is 19.4 Å². The fourth-order valence-electron chi connectivity index (χ4n) is 3.05. The summed E-state index contributed by atoms with van der Waals surface area (Å²) in [6, 6.07) is 10.6. The highest BCUT2D eigenvalue weighted by Crippen LogP contribution is 2.27. The molecule has 3 aromatic heterocycles. The SMILES string of the molecule is Cc1ncc2ccc(-c3nc(N)nc(NC(C#N)Cc4cccc(Cl)c4Cl)n3)cn12. The second kappa shape index (κ2) is 8.14. The number of aromatic nitrogens is 5. The lowest BCUT2D eigenvalue weighted by Gasteiger charge is -2.14.